The van der Waals surface area contributed by atoms with Crippen molar-refractivity contribution in [2.24, 2.45) is 10.7 Å². The topological polar surface area (TPSA) is 95.8 Å². The molecule has 0 bridgehead atoms. The fraction of sp³-hybridized carbons (Fsp3) is 0.467. The maximum Gasteiger partial charge on any atom is 0.496 e. The molecule has 0 amide bonds. The molecule has 6 nitrogen and oxygen atoms in total. The van der Waals surface area contributed by atoms with Crippen molar-refractivity contribution in [3.63, 3.8) is 0 Å². The number of hydrogen-bond acceptors (Lipinski definition) is 6. The van der Waals surface area contributed by atoms with Crippen molar-refractivity contribution in [3.05, 3.63) is 24.0 Å². The predicted octanol–water partition coefficient (Wildman–Crippen LogP) is 0.963. The number of hydrogen-bond donors (Lipinski definition) is 2. The van der Waals surface area contributed by atoms with Gasteiger partial charge in [0, 0.05) is 42.3 Å². The van der Waals surface area contributed by atoms with Crippen LogP contribution >= 0.6 is 0 Å². The summed E-state index contributed by atoms with van der Waals surface area (Å²) in [6.45, 7) is 8.03. The van der Waals surface area contributed by atoms with Gasteiger partial charge in [0.25, 0.3) is 0 Å². The van der Waals surface area contributed by atoms with Gasteiger partial charge < -0.3 is 20.8 Å². The van der Waals surface area contributed by atoms with Gasteiger partial charge in [0.2, 0.25) is 0 Å². The first-order valence-corrected chi connectivity index (χ1v) is 7.17. The Morgan fingerprint density at radius 1 is 1.27 bits per heavy atom. The highest BCUT2D eigenvalue weighted by atomic mass is 16.7. The first kappa shape index (κ1) is 16.5. The van der Waals surface area contributed by atoms with Crippen molar-refractivity contribution in [2.75, 3.05) is 12.8 Å². The molecule has 0 aromatic carbocycles. The number of nitrogen functional groups attached to an aromatic ring is 1. The maximum atomic E-state index is 6.03. The number of allylic oxidation sites excluding steroid dienone is 1. The summed E-state index contributed by atoms with van der Waals surface area (Å²) in [5.74, 6) is 0.386. The van der Waals surface area contributed by atoms with Crippen molar-refractivity contribution in [2.45, 2.75) is 38.9 Å². The van der Waals surface area contributed by atoms with Crippen molar-refractivity contribution < 1.29 is 9.31 Å². The SMILES string of the molecule is CN=C/C(=C\N)c1cc(B2OC(C)(C)C(C)(C)O2)cnc1N. The van der Waals surface area contributed by atoms with E-state index in [0.717, 1.165) is 5.46 Å². The second-order valence-corrected chi connectivity index (χ2v) is 6.30. The Kier molecular flexibility index (Phi) is 4.31. The first-order valence-electron chi connectivity index (χ1n) is 7.17. The van der Waals surface area contributed by atoms with E-state index in [0.29, 0.717) is 17.0 Å². The molecule has 1 aromatic rings. The minimum atomic E-state index is -0.491. The zero-order valence-corrected chi connectivity index (χ0v) is 13.8. The molecule has 4 N–H and O–H groups in total. The van der Waals surface area contributed by atoms with Crippen LogP contribution in [0.25, 0.3) is 5.57 Å². The molecule has 1 aliphatic rings. The van der Waals surface area contributed by atoms with E-state index >= 15 is 0 Å². The van der Waals surface area contributed by atoms with Crippen LogP contribution in [-0.2, 0) is 9.31 Å². The van der Waals surface area contributed by atoms with Gasteiger partial charge in [-0.25, -0.2) is 4.98 Å². The fourth-order valence-electron chi connectivity index (χ4n) is 2.17. The van der Waals surface area contributed by atoms with Gasteiger partial charge in [-0.2, -0.15) is 0 Å². The van der Waals surface area contributed by atoms with Crippen LogP contribution in [0.3, 0.4) is 0 Å². The number of aliphatic imine (C=N–C) groups is 1. The molecule has 0 spiro atoms. The van der Waals surface area contributed by atoms with Crippen LogP contribution in [0.5, 0.6) is 0 Å². The lowest BCUT2D eigenvalue weighted by Crippen LogP contribution is -2.41. The van der Waals surface area contributed by atoms with Crippen LogP contribution in [0.15, 0.2) is 23.5 Å². The summed E-state index contributed by atoms with van der Waals surface area (Å²) in [6, 6.07) is 1.88. The summed E-state index contributed by atoms with van der Waals surface area (Å²) in [5.41, 5.74) is 13.0. The monoisotopic (exact) mass is 302 g/mol. The maximum absolute atomic E-state index is 6.03. The fourth-order valence-corrected chi connectivity index (χ4v) is 2.17. The van der Waals surface area contributed by atoms with Gasteiger partial charge in [0.15, 0.2) is 0 Å². The van der Waals surface area contributed by atoms with E-state index in [2.05, 4.69) is 9.98 Å². The Hall–Kier alpha value is -1.86. The number of pyridine rings is 1. The summed E-state index contributed by atoms with van der Waals surface area (Å²) in [6.07, 6.45) is 4.76. The van der Waals surface area contributed by atoms with Gasteiger partial charge >= 0.3 is 7.12 Å². The lowest BCUT2D eigenvalue weighted by molar-refractivity contribution is 0.00578. The number of rotatable bonds is 3. The second kappa shape index (κ2) is 5.74. The number of anilines is 1. The van der Waals surface area contributed by atoms with Crippen LogP contribution in [0.2, 0.25) is 0 Å². The van der Waals surface area contributed by atoms with E-state index < -0.39 is 18.3 Å². The predicted molar refractivity (Wildman–Crippen MR) is 90.9 cm³/mol. The molecule has 2 rings (SSSR count). The van der Waals surface area contributed by atoms with Gasteiger partial charge in [0.1, 0.15) is 5.82 Å². The zero-order chi connectivity index (χ0) is 16.5. The molecule has 0 aliphatic carbocycles. The summed E-state index contributed by atoms with van der Waals surface area (Å²) in [5, 5.41) is 0. The van der Waals surface area contributed by atoms with Crippen LogP contribution in [0.1, 0.15) is 33.3 Å². The van der Waals surface area contributed by atoms with Gasteiger partial charge in [0.05, 0.1) is 11.2 Å². The third kappa shape index (κ3) is 2.87. The molecule has 0 radical (unpaired) electrons. The third-order valence-corrected chi connectivity index (χ3v) is 4.22. The minimum absolute atomic E-state index is 0.386. The largest absolute Gasteiger partial charge is 0.496 e. The Balaban J connectivity index is 2.39. The molecule has 0 saturated carbocycles. The molecule has 22 heavy (non-hydrogen) atoms. The summed E-state index contributed by atoms with van der Waals surface area (Å²) < 4.78 is 12.1. The Morgan fingerprint density at radius 2 is 1.86 bits per heavy atom. The zero-order valence-electron chi connectivity index (χ0n) is 13.8. The molecule has 1 saturated heterocycles. The Labute approximate surface area is 131 Å². The highest BCUT2D eigenvalue weighted by Gasteiger charge is 2.51. The number of nitrogens with two attached hydrogens (primary N) is 2. The first-order chi connectivity index (χ1) is 10.2. The van der Waals surface area contributed by atoms with E-state index in [1.165, 1.54) is 6.20 Å². The van der Waals surface area contributed by atoms with E-state index in [4.69, 9.17) is 20.8 Å². The van der Waals surface area contributed by atoms with E-state index in [-0.39, 0.29) is 0 Å². The molecule has 1 aromatic heterocycles. The van der Waals surface area contributed by atoms with Crippen LogP contribution in [0.4, 0.5) is 5.82 Å². The minimum Gasteiger partial charge on any atom is -0.404 e. The van der Waals surface area contributed by atoms with E-state index in [1.807, 2.05) is 33.8 Å². The number of aromatic nitrogens is 1. The van der Waals surface area contributed by atoms with E-state index in [1.54, 1.807) is 19.5 Å². The molecular formula is C15H23BN4O2. The van der Waals surface area contributed by atoms with Crippen molar-refractivity contribution in [3.8, 4) is 0 Å². The van der Waals surface area contributed by atoms with Crippen LogP contribution in [-0.4, -0.2) is 36.6 Å². The molecule has 0 atom stereocenters. The van der Waals surface area contributed by atoms with Crippen molar-refractivity contribution >= 4 is 30.2 Å². The molecule has 7 heteroatoms. The highest BCUT2D eigenvalue weighted by molar-refractivity contribution is 6.62. The van der Waals surface area contributed by atoms with Gasteiger partial charge in [-0.05, 0) is 33.8 Å². The molecular weight excluding hydrogens is 279 g/mol. The second-order valence-electron chi connectivity index (χ2n) is 6.30. The summed E-state index contributed by atoms with van der Waals surface area (Å²) in [7, 11) is 1.18. The van der Waals surface area contributed by atoms with Crippen molar-refractivity contribution in [1.29, 1.82) is 0 Å². The normalized spacial score (nSPS) is 20.8. The Bertz CT molecular complexity index is 610. The third-order valence-electron chi connectivity index (χ3n) is 4.22. The average molecular weight is 302 g/mol. The van der Waals surface area contributed by atoms with Crippen LogP contribution in [0, 0.1) is 0 Å². The molecule has 0 unspecified atom stereocenters. The molecule has 118 valence electrons. The van der Waals surface area contributed by atoms with Gasteiger partial charge in [-0.3, -0.25) is 4.99 Å². The standard InChI is InChI=1S/C15H23BN4O2/c1-14(2)15(3,4)22-16(21-14)11-6-12(13(18)20-9-11)10(7-17)8-19-5/h6-9H,17H2,1-5H3,(H2,18,20)/b10-7+,19-8?. The molecule has 1 aliphatic heterocycles. The summed E-state index contributed by atoms with van der Waals surface area (Å²) in [4.78, 5) is 8.21. The van der Waals surface area contributed by atoms with Crippen molar-refractivity contribution in [1.82, 2.24) is 4.98 Å². The van der Waals surface area contributed by atoms with Gasteiger partial charge in [-0.15, -0.1) is 0 Å². The number of nitrogens with zero attached hydrogens (tertiary/aromatic N) is 2. The quantitative estimate of drug-likeness (QED) is 0.640. The van der Waals surface area contributed by atoms with Crippen LogP contribution < -0.4 is 16.9 Å². The van der Waals surface area contributed by atoms with Gasteiger partial charge in [-0.1, -0.05) is 0 Å². The summed E-state index contributed by atoms with van der Waals surface area (Å²) >= 11 is 0. The smallest absolute Gasteiger partial charge is 0.404 e. The molecule has 1 fully saturated rings. The lowest BCUT2D eigenvalue weighted by Gasteiger charge is -2.32. The lowest BCUT2D eigenvalue weighted by atomic mass is 9.79. The Morgan fingerprint density at radius 3 is 2.36 bits per heavy atom. The van der Waals surface area contributed by atoms with E-state index in [9.17, 15) is 0 Å². The highest BCUT2D eigenvalue weighted by Crippen LogP contribution is 2.36. The average Bonchev–Trinajstić information content (AvgIpc) is 2.66. The molecule has 2 heterocycles.